The molecule has 0 N–H and O–H groups in total. The van der Waals surface area contributed by atoms with Gasteiger partial charge in [-0.1, -0.05) is 34.6 Å². The molecule has 0 bridgehead atoms. The van der Waals surface area contributed by atoms with Crippen LogP contribution in [-0.2, 0) is 0 Å². The molecule has 0 spiro atoms. The maximum Gasteiger partial charge on any atom is 0.346 e. The summed E-state index contributed by atoms with van der Waals surface area (Å²) in [4.78, 5) is 0. The maximum atomic E-state index is 6.03. The van der Waals surface area contributed by atoms with Crippen molar-refractivity contribution in [2.24, 2.45) is 11.8 Å². The van der Waals surface area contributed by atoms with E-state index in [1.807, 2.05) is 0 Å². The molecule has 0 fully saturated rings. The first-order valence-corrected chi connectivity index (χ1v) is 9.21. The molecule has 1 atom stereocenters. The molecule has 4 heteroatoms. The van der Waals surface area contributed by atoms with Crippen molar-refractivity contribution in [1.82, 2.24) is 0 Å². The minimum absolute atomic E-state index is 0.147. The van der Waals surface area contributed by atoms with E-state index >= 15 is 0 Å². The molecule has 74 valence electrons. The summed E-state index contributed by atoms with van der Waals surface area (Å²) in [6.45, 7) is 10.6. The second-order valence-electron chi connectivity index (χ2n) is 4.25. The summed E-state index contributed by atoms with van der Waals surface area (Å²) < 4.78 is 0. The fourth-order valence-corrected chi connectivity index (χ4v) is 3.49. The molecule has 0 aliphatic carbocycles. The molecule has 0 aromatic rings. The van der Waals surface area contributed by atoms with Crippen LogP contribution in [0.25, 0.3) is 0 Å². The molecule has 0 radical (unpaired) electrons. The summed E-state index contributed by atoms with van der Waals surface area (Å²) in [7, 11) is 0. The smallest absolute Gasteiger partial charge is 0.125 e. The molecule has 0 amide bonds. The average molecular weight is 248 g/mol. The topological polar surface area (TPSA) is 0 Å². The number of halogens is 3. The summed E-state index contributed by atoms with van der Waals surface area (Å²) in [5.74, 6) is 1.000. The zero-order chi connectivity index (χ0) is 10.2. The Labute approximate surface area is 90.7 Å². The lowest BCUT2D eigenvalue weighted by atomic mass is 9.86. The quantitative estimate of drug-likeness (QED) is 0.500. The van der Waals surface area contributed by atoms with Gasteiger partial charge in [0.25, 0.3) is 0 Å². The largest absolute Gasteiger partial charge is 0.346 e. The minimum atomic E-state index is -2.59. The van der Waals surface area contributed by atoms with Crippen molar-refractivity contribution in [3.05, 3.63) is 0 Å². The molecule has 12 heavy (non-hydrogen) atoms. The van der Waals surface area contributed by atoms with E-state index in [1.54, 1.807) is 0 Å². The van der Waals surface area contributed by atoms with Gasteiger partial charge in [-0.3, -0.25) is 0 Å². The van der Waals surface area contributed by atoms with Crippen molar-refractivity contribution < 1.29 is 0 Å². The number of hydrogen-bond donors (Lipinski definition) is 0. The lowest BCUT2D eigenvalue weighted by Crippen LogP contribution is -2.35. The first kappa shape index (κ1) is 13.1. The van der Waals surface area contributed by atoms with E-state index in [2.05, 4.69) is 34.6 Å². The third-order valence-corrected chi connectivity index (χ3v) is 9.17. The van der Waals surface area contributed by atoms with Crippen LogP contribution < -0.4 is 0 Å². The van der Waals surface area contributed by atoms with Crippen molar-refractivity contribution in [3.8, 4) is 0 Å². The number of hydrogen-bond acceptors (Lipinski definition) is 0. The Morgan fingerprint density at radius 3 is 1.42 bits per heavy atom. The van der Waals surface area contributed by atoms with Gasteiger partial charge in [-0.2, -0.15) is 0 Å². The van der Waals surface area contributed by atoms with E-state index in [0.29, 0.717) is 11.8 Å². The Kier molecular flexibility index (Phi) is 4.45. The van der Waals surface area contributed by atoms with Crippen molar-refractivity contribution in [1.29, 1.82) is 0 Å². The van der Waals surface area contributed by atoms with Gasteiger partial charge in [-0.25, -0.2) is 0 Å². The van der Waals surface area contributed by atoms with Gasteiger partial charge in [0, 0.05) is 5.04 Å². The Morgan fingerprint density at radius 2 is 1.33 bits per heavy atom. The molecule has 0 heterocycles. The van der Waals surface area contributed by atoms with E-state index < -0.39 is 6.00 Å². The molecule has 0 aromatic carbocycles. The third-order valence-electron chi connectivity index (χ3n) is 2.87. The van der Waals surface area contributed by atoms with Gasteiger partial charge in [0.2, 0.25) is 0 Å². The van der Waals surface area contributed by atoms with Crippen LogP contribution in [-0.4, -0.2) is 6.00 Å². The van der Waals surface area contributed by atoms with E-state index in [9.17, 15) is 0 Å². The Morgan fingerprint density at radius 1 is 1.00 bits per heavy atom. The predicted molar refractivity (Wildman–Crippen MR) is 61.4 cm³/mol. The van der Waals surface area contributed by atoms with E-state index in [1.165, 1.54) is 0 Å². The summed E-state index contributed by atoms with van der Waals surface area (Å²) >= 11 is 18.1. The van der Waals surface area contributed by atoms with Crippen LogP contribution in [0.15, 0.2) is 0 Å². The second kappa shape index (κ2) is 4.08. The maximum absolute atomic E-state index is 6.03. The van der Waals surface area contributed by atoms with Crippen molar-refractivity contribution >= 4 is 39.2 Å². The van der Waals surface area contributed by atoms with Crippen LogP contribution in [0.5, 0.6) is 0 Å². The zero-order valence-electron chi connectivity index (χ0n) is 8.29. The molecule has 0 saturated heterocycles. The van der Waals surface area contributed by atoms with Crippen molar-refractivity contribution in [2.75, 3.05) is 0 Å². The second-order valence-corrected chi connectivity index (χ2v) is 13.4. The molecule has 0 aliphatic rings. The van der Waals surface area contributed by atoms with Crippen LogP contribution in [0.4, 0.5) is 0 Å². The molecular weight excluding hydrogens is 231 g/mol. The Balaban J connectivity index is 4.61. The highest BCUT2D eigenvalue weighted by Crippen LogP contribution is 2.52. The molecule has 0 aromatic heterocycles. The summed E-state index contributed by atoms with van der Waals surface area (Å²) in [5.41, 5.74) is 0. The third kappa shape index (κ3) is 2.80. The van der Waals surface area contributed by atoms with Crippen LogP contribution in [0.3, 0.4) is 0 Å². The first-order chi connectivity index (χ1) is 5.10. The predicted octanol–water partition coefficient (Wildman–Crippen LogP) is 4.71. The Bertz CT molecular complexity index is 149. The van der Waals surface area contributed by atoms with Gasteiger partial charge < -0.3 is 0 Å². The van der Waals surface area contributed by atoms with Crippen LogP contribution in [0.1, 0.15) is 34.6 Å². The Hall–Kier alpha value is 1.09. The molecule has 1 unspecified atom stereocenters. The van der Waals surface area contributed by atoms with Gasteiger partial charge in [0.05, 0.1) is 0 Å². The summed E-state index contributed by atoms with van der Waals surface area (Å²) in [5, 5.41) is -0.147. The monoisotopic (exact) mass is 246 g/mol. The minimum Gasteiger partial charge on any atom is -0.125 e. The molecule has 0 saturated carbocycles. The summed E-state index contributed by atoms with van der Waals surface area (Å²) in [6, 6.07) is -2.59. The van der Waals surface area contributed by atoms with Gasteiger partial charge in [-0.15, -0.1) is 33.2 Å². The highest BCUT2D eigenvalue weighted by Gasteiger charge is 2.48. The fourth-order valence-electron chi connectivity index (χ4n) is 1.09. The van der Waals surface area contributed by atoms with Crippen LogP contribution >= 0.6 is 33.2 Å². The highest BCUT2D eigenvalue weighted by atomic mass is 35.8. The normalized spacial score (nSPS) is 16.8. The SMILES string of the molecule is CC(C)C(C)C(C)(C)[Si](Cl)(Cl)Cl. The van der Waals surface area contributed by atoms with Crippen LogP contribution in [0.2, 0.25) is 5.04 Å². The van der Waals surface area contributed by atoms with Gasteiger partial charge in [0.1, 0.15) is 0 Å². The summed E-state index contributed by atoms with van der Waals surface area (Å²) in [6.07, 6.45) is 0. The lowest BCUT2D eigenvalue weighted by Gasteiger charge is -2.38. The van der Waals surface area contributed by atoms with Gasteiger partial charge in [-0.05, 0) is 11.8 Å². The number of rotatable bonds is 3. The zero-order valence-corrected chi connectivity index (χ0v) is 11.6. The van der Waals surface area contributed by atoms with E-state index in [4.69, 9.17) is 33.2 Å². The van der Waals surface area contributed by atoms with E-state index in [-0.39, 0.29) is 5.04 Å². The molecule has 0 nitrogen and oxygen atoms in total. The standard InChI is InChI=1S/C8H17Cl3Si/c1-6(2)7(3)8(4,5)12(9,10)11/h6-7H,1-5H3. The average Bonchev–Trinajstić information content (AvgIpc) is 1.83. The van der Waals surface area contributed by atoms with Crippen LogP contribution in [0, 0.1) is 11.8 Å². The van der Waals surface area contributed by atoms with Gasteiger partial charge in [0.15, 0.2) is 0 Å². The van der Waals surface area contributed by atoms with Crippen molar-refractivity contribution in [2.45, 2.75) is 39.7 Å². The first-order valence-electron chi connectivity index (χ1n) is 4.17. The fraction of sp³-hybridized carbons (Fsp3) is 1.00. The van der Waals surface area contributed by atoms with Crippen molar-refractivity contribution in [3.63, 3.8) is 0 Å². The molecular formula is C8H17Cl3Si. The molecule has 0 aliphatic heterocycles. The van der Waals surface area contributed by atoms with E-state index in [0.717, 1.165) is 0 Å². The van der Waals surface area contributed by atoms with Gasteiger partial charge >= 0.3 is 6.00 Å². The highest BCUT2D eigenvalue weighted by molar-refractivity contribution is 7.65. The lowest BCUT2D eigenvalue weighted by molar-refractivity contribution is 0.328. The molecule has 0 rings (SSSR count).